The average Bonchev–Trinajstić information content (AvgIpc) is 2.75. The van der Waals surface area contributed by atoms with Crippen LogP contribution in [0.4, 0.5) is 0 Å². The second kappa shape index (κ2) is 7.08. The van der Waals surface area contributed by atoms with Crippen LogP contribution in [0.2, 0.25) is 0 Å². The third-order valence-corrected chi connectivity index (χ3v) is 3.21. The summed E-state index contributed by atoms with van der Waals surface area (Å²) < 4.78 is 4.96. The number of methoxy groups -OCH3 is 1. The number of amides is 2. The molecule has 1 saturated heterocycles. The number of ether oxygens (including phenoxy) is 1. The van der Waals surface area contributed by atoms with Crippen molar-refractivity contribution in [3.05, 3.63) is 0 Å². The molecule has 0 radical (unpaired) electrons. The Hall–Kier alpha value is -1.63. The van der Waals surface area contributed by atoms with E-state index < -0.39 is 12.1 Å². The van der Waals surface area contributed by atoms with Gasteiger partial charge in [0.05, 0.1) is 18.4 Å². The standard InChI is InChI=1S/C12H20N2O5/c1-3-14-7-8(4-10(14)15)12(18)13-6-9(19-2)5-11(16)17/h8-9H,3-7H2,1-2H3,(H,13,18)(H,16,17). The molecule has 1 heterocycles. The molecule has 0 spiro atoms. The highest BCUT2D eigenvalue weighted by atomic mass is 16.5. The Bertz CT molecular complexity index is 358. The van der Waals surface area contributed by atoms with E-state index in [1.807, 2.05) is 6.92 Å². The van der Waals surface area contributed by atoms with Gasteiger partial charge in [-0.25, -0.2) is 0 Å². The molecule has 19 heavy (non-hydrogen) atoms. The summed E-state index contributed by atoms with van der Waals surface area (Å²) in [5.41, 5.74) is 0. The summed E-state index contributed by atoms with van der Waals surface area (Å²) in [4.78, 5) is 35.6. The number of carboxylic acid groups (broad SMARTS) is 1. The van der Waals surface area contributed by atoms with Gasteiger partial charge < -0.3 is 20.1 Å². The maximum absolute atomic E-state index is 11.9. The van der Waals surface area contributed by atoms with Gasteiger partial charge in [-0.15, -0.1) is 0 Å². The van der Waals surface area contributed by atoms with E-state index in [9.17, 15) is 14.4 Å². The monoisotopic (exact) mass is 272 g/mol. The fourth-order valence-corrected chi connectivity index (χ4v) is 2.05. The van der Waals surface area contributed by atoms with E-state index in [1.165, 1.54) is 7.11 Å². The van der Waals surface area contributed by atoms with E-state index in [4.69, 9.17) is 9.84 Å². The van der Waals surface area contributed by atoms with Gasteiger partial charge in [0.1, 0.15) is 0 Å². The number of nitrogens with one attached hydrogen (secondary N) is 1. The molecular formula is C12H20N2O5. The predicted octanol–water partition coefficient (Wildman–Crippen LogP) is -0.539. The number of hydrogen-bond acceptors (Lipinski definition) is 4. The van der Waals surface area contributed by atoms with Gasteiger partial charge in [0.2, 0.25) is 11.8 Å². The first-order valence-corrected chi connectivity index (χ1v) is 6.28. The number of nitrogens with zero attached hydrogens (tertiary/aromatic N) is 1. The van der Waals surface area contributed by atoms with Crippen LogP contribution in [0.3, 0.4) is 0 Å². The molecule has 0 bridgehead atoms. The number of aliphatic carboxylic acids is 1. The highest BCUT2D eigenvalue weighted by Gasteiger charge is 2.33. The molecule has 1 aliphatic rings. The Balaban J connectivity index is 2.39. The van der Waals surface area contributed by atoms with Crippen molar-refractivity contribution in [1.82, 2.24) is 10.2 Å². The Morgan fingerprint density at radius 1 is 1.58 bits per heavy atom. The fourth-order valence-electron chi connectivity index (χ4n) is 2.05. The lowest BCUT2D eigenvalue weighted by Crippen LogP contribution is -2.38. The molecule has 1 fully saturated rings. The second-order valence-corrected chi connectivity index (χ2v) is 4.53. The Morgan fingerprint density at radius 2 is 2.26 bits per heavy atom. The van der Waals surface area contributed by atoms with Crippen molar-refractivity contribution in [3.63, 3.8) is 0 Å². The van der Waals surface area contributed by atoms with Gasteiger partial charge in [0.15, 0.2) is 0 Å². The number of likely N-dealkylation sites (tertiary alicyclic amines) is 1. The van der Waals surface area contributed by atoms with Gasteiger partial charge in [-0.05, 0) is 6.92 Å². The maximum atomic E-state index is 11.9. The van der Waals surface area contributed by atoms with Crippen molar-refractivity contribution in [2.45, 2.75) is 25.9 Å². The zero-order chi connectivity index (χ0) is 14.4. The summed E-state index contributed by atoms with van der Waals surface area (Å²) in [5.74, 6) is -1.57. The SMILES string of the molecule is CCN1CC(C(=O)NCC(CC(=O)O)OC)CC1=O. The molecule has 0 aliphatic carbocycles. The van der Waals surface area contributed by atoms with Crippen molar-refractivity contribution >= 4 is 17.8 Å². The molecule has 1 rings (SSSR count). The number of rotatable bonds is 7. The first-order chi connectivity index (χ1) is 8.97. The highest BCUT2D eigenvalue weighted by molar-refractivity contribution is 5.89. The molecule has 7 nitrogen and oxygen atoms in total. The number of carbonyl (C=O) groups is 3. The van der Waals surface area contributed by atoms with Crippen LogP contribution in [0.25, 0.3) is 0 Å². The lowest BCUT2D eigenvalue weighted by Gasteiger charge is -2.16. The first-order valence-electron chi connectivity index (χ1n) is 6.28. The van der Waals surface area contributed by atoms with Crippen LogP contribution in [0.1, 0.15) is 19.8 Å². The summed E-state index contributed by atoms with van der Waals surface area (Å²) in [6.07, 6.45) is -0.501. The topological polar surface area (TPSA) is 95.9 Å². The predicted molar refractivity (Wildman–Crippen MR) is 66.4 cm³/mol. The van der Waals surface area contributed by atoms with Crippen molar-refractivity contribution in [2.75, 3.05) is 26.7 Å². The summed E-state index contributed by atoms with van der Waals surface area (Å²) in [7, 11) is 1.40. The zero-order valence-corrected chi connectivity index (χ0v) is 11.2. The van der Waals surface area contributed by atoms with Gasteiger partial charge in [0.25, 0.3) is 0 Å². The third kappa shape index (κ3) is 4.51. The molecule has 0 saturated carbocycles. The Labute approximate surface area is 111 Å². The summed E-state index contributed by atoms with van der Waals surface area (Å²) in [6.45, 7) is 3.03. The van der Waals surface area contributed by atoms with Crippen LogP contribution >= 0.6 is 0 Å². The van der Waals surface area contributed by atoms with E-state index in [1.54, 1.807) is 4.90 Å². The summed E-state index contributed by atoms with van der Waals surface area (Å²) in [6, 6.07) is 0. The number of carbonyl (C=O) groups excluding carboxylic acids is 2. The minimum Gasteiger partial charge on any atom is -0.481 e. The lowest BCUT2D eigenvalue weighted by molar-refractivity contribution is -0.140. The lowest BCUT2D eigenvalue weighted by atomic mass is 10.1. The minimum atomic E-state index is -0.977. The minimum absolute atomic E-state index is 0.0172. The average molecular weight is 272 g/mol. The van der Waals surface area contributed by atoms with Gasteiger partial charge in [-0.2, -0.15) is 0 Å². The molecule has 0 aromatic rings. The van der Waals surface area contributed by atoms with Crippen molar-refractivity contribution in [1.29, 1.82) is 0 Å². The Kier molecular flexibility index (Phi) is 5.75. The van der Waals surface area contributed by atoms with Crippen LogP contribution < -0.4 is 5.32 Å². The van der Waals surface area contributed by atoms with Crippen LogP contribution in [0, 0.1) is 5.92 Å². The molecular weight excluding hydrogens is 252 g/mol. The van der Waals surface area contributed by atoms with Crippen LogP contribution in [0.5, 0.6) is 0 Å². The number of hydrogen-bond donors (Lipinski definition) is 2. The fraction of sp³-hybridized carbons (Fsp3) is 0.750. The molecule has 2 atom stereocenters. The maximum Gasteiger partial charge on any atom is 0.306 e. The molecule has 108 valence electrons. The van der Waals surface area contributed by atoms with Gasteiger partial charge >= 0.3 is 5.97 Å². The molecule has 7 heteroatoms. The zero-order valence-electron chi connectivity index (χ0n) is 11.2. The van der Waals surface area contributed by atoms with Gasteiger partial charge in [0, 0.05) is 33.2 Å². The normalized spacial score (nSPS) is 20.4. The molecule has 0 aromatic heterocycles. The molecule has 2 unspecified atom stereocenters. The van der Waals surface area contributed by atoms with Crippen LogP contribution in [0.15, 0.2) is 0 Å². The van der Waals surface area contributed by atoms with Gasteiger partial charge in [-0.3, -0.25) is 14.4 Å². The molecule has 2 amide bonds. The van der Waals surface area contributed by atoms with Gasteiger partial charge in [-0.1, -0.05) is 0 Å². The molecule has 2 N–H and O–H groups in total. The van der Waals surface area contributed by atoms with Crippen molar-refractivity contribution < 1.29 is 24.2 Å². The largest absolute Gasteiger partial charge is 0.481 e. The summed E-state index contributed by atoms with van der Waals surface area (Å²) >= 11 is 0. The quantitative estimate of drug-likeness (QED) is 0.649. The second-order valence-electron chi connectivity index (χ2n) is 4.53. The highest BCUT2D eigenvalue weighted by Crippen LogP contribution is 2.17. The molecule has 0 aromatic carbocycles. The first kappa shape index (κ1) is 15.4. The van der Waals surface area contributed by atoms with Crippen molar-refractivity contribution in [3.8, 4) is 0 Å². The van der Waals surface area contributed by atoms with Crippen LogP contribution in [-0.4, -0.2) is 60.6 Å². The van der Waals surface area contributed by atoms with E-state index >= 15 is 0 Å². The number of carboxylic acids is 1. The smallest absolute Gasteiger partial charge is 0.306 e. The molecule has 1 aliphatic heterocycles. The van der Waals surface area contributed by atoms with Crippen LogP contribution in [-0.2, 0) is 19.1 Å². The Morgan fingerprint density at radius 3 is 2.74 bits per heavy atom. The van der Waals surface area contributed by atoms with E-state index in [-0.39, 0.29) is 37.1 Å². The third-order valence-electron chi connectivity index (χ3n) is 3.21. The van der Waals surface area contributed by atoms with E-state index in [0.29, 0.717) is 13.1 Å². The van der Waals surface area contributed by atoms with E-state index in [2.05, 4.69) is 5.32 Å². The summed E-state index contributed by atoms with van der Waals surface area (Å²) in [5, 5.41) is 11.3. The van der Waals surface area contributed by atoms with E-state index in [0.717, 1.165) is 0 Å². The van der Waals surface area contributed by atoms with Crippen molar-refractivity contribution in [2.24, 2.45) is 5.92 Å².